The van der Waals surface area contributed by atoms with Crippen molar-refractivity contribution in [3.8, 4) is 0 Å². The molecule has 0 bridgehead atoms. The Morgan fingerprint density at radius 2 is 1.69 bits per heavy atom. The number of rotatable bonds is 5. The molecule has 1 aromatic carbocycles. The van der Waals surface area contributed by atoms with Crippen molar-refractivity contribution in [2.45, 2.75) is 113 Å². The Labute approximate surface area is 298 Å². The van der Waals surface area contributed by atoms with E-state index < -0.39 is 85.5 Å². The predicted octanol–water partition coefficient (Wildman–Crippen LogP) is 2.54. The molecule has 14 nitrogen and oxygen atoms in total. The number of nitrogens with one attached hydrogen (secondary N) is 3. The van der Waals surface area contributed by atoms with Crippen LogP contribution in [0.25, 0.3) is 0 Å². The highest BCUT2D eigenvalue weighted by Gasteiger charge is 2.63. The second-order valence-electron chi connectivity index (χ2n) is 15.7. The van der Waals surface area contributed by atoms with Gasteiger partial charge in [-0.2, -0.15) is 0 Å². The molecule has 2 aliphatic carbocycles. The second kappa shape index (κ2) is 13.7. The van der Waals surface area contributed by atoms with Gasteiger partial charge in [0.1, 0.15) is 23.2 Å². The van der Waals surface area contributed by atoms with Crippen LogP contribution in [0, 0.1) is 11.3 Å². The monoisotopic (exact) mass is 725 g/mol. The Bertz CT molecular complexity index is 1740. The summed E-state index contributed by atoms with van der Waals surface area (Å²) in [7, 11) is -3.92. The fraction of sp³-hybridized carbons (Fsp3) is 0.611. The Kier molecular flexibility index (Phi) is 9.81. The minimum Gasteiger partial charge on any atom is -0.444 e. The molecule has 276 valence electrons. The summed E-state index contributed by atoms with van der Waals surface area (Å²) < 4.78 is 33.2. The van der Waals surface area contributed by atoms with E-state index in [0.29, 0.717) is 31.2 Å². The van der Waals surface area contributed by atoms with Crippen molar-refractivity contribution in [3.05, 3.63) is 48.0 Å². The summed E-state index contributed by atoms with van der Waals surface area (Å²) in [5.41, 5.74) is -3.03. The predicted molar refractivity (Wildman–Crippen MR) is 184 cm³/mol. The molecule has 3 heterocycles. The van der Waals surface area contributed by atoms with E-state index >= 15 is 0 Å². The van der Waals surface area contributed by atoms with E-state index in [1.54, 1.807) is 51.1 Å². The van der Waals surface area contributed by atoms with Gasteiger partial charge in [0.15, 0.2) is 0 Å². The van der Waals surface area contributed by atoms with Crippen LogP contribution in [0.3, 0.4) is 0 Å². The van der Waals surface area contributed by atoms with E-state index in [0.717, 1.165) is 17.7 Å². The minimum absolute atomic E-state index is 0.00657. The van der Waals surface area contributed by atoms with Gasteiger partial charge in [-0.3, -0.25) is 33.6 Å². The van der Waals surface area contributed by atoms with E-state index in [-0.39, 0.29) is 38.8 Å². The highest BCUT2D eigenvalue weighted by atomic mass is 32.2. The van der Waals surface area contributed by atoms with Crippen LogP contribution in [-0.4, -0.2) is 95.4 Å². The van der Waals surface area contributed by atoms with Crippen LogP contribution >= 0.6 is 0 Å². The maximum atomic E-state index is 14.5. The fourth-order valence-corrected chi connectivity index (χ4v) is 8.87. The lowest BCUT2D eigenvalue weighted by atomic mass is 9.84. The summed E-state index contributed by atoms with van der Waals surface area (Å²) in [6.45, 7) is 5.02. The van der Waals surface area contributed by atoms with Crippen LogP contribution < -0.4 is 15.4 Å². The molecule has 3 N–H and O–H groups in total. The molecule has 2 saturated heterocycles. The first kappa shape index (κ1) is 36.5. The molecule has 5 atom stereocenters. The summed E-state index contributed by atoms with van der Waals surface area (Å²) in [4.78, 5) is 84.8. The lowest BCUT2D eigenvalue weighted by molar-refractivity contribution is -0.141. The summed E-state index contributed by atoms with van der Waals surface area (Å²) in [6.07, 6.45) is 6.97. The number of likely N-dealkylation sites (tertiary alicyclic amines) is 1. The summed E-state index contributed by atoms with van der Waals surface area (Å²) in [5, 5.41) is 4.89. The first-order chi connectivity index (χ1) is 24.0. The van der Waals surface area contributed by atoms with Crippen LogP contribution in [0.4, 0.5) is 4.79 Å². The van der Waals surface area contributed by atoms with Gasteiger partial charge >= 0.3 is 6.09 Å². The fourth-order valence-electron chi connectivity index (χ4n) is 7.50. The molecule has 3 aliphatic heterocycles. The van der Waals surface area contributed by atoms with E-state index in [9.17, 15) is 37.2 Å². The Morgan fingerprint density at radius 3 is 2.37 bits per heavy atom. The zero-order valence-corrected chi connectivity index (χ0v) is 30.1. The van der Waals surface area contributed by atoms with Crippen LogP contribution in [0.15, 0.2) is 42.5 Å². The number of amides is 6. The molecule has 0 radical (unpaired) electrons. The zero-order valence-electron chi connectivity index (χ0n) is 29.3. The number of carbonyl (C=O) groups excluding carboxylic acids is 6. The summed E-state index contributed by atoms with van der Waals surface area (Å²) in [6, 6.07) is 6.12. The van der Waals surface area contributed by atoms with Crippen LogP contribution in [-0.2, 0) is 33.9 Å². The normalized spacial score (nSPS) is 30.7. The average Bonchev–Trinajstić information content (AvgIpc) is 3.97. The maximum Gasteiger partial charge on any atom is 0.408 e. The molecular weight excluding hydrogens is 678 g/mol. The quantitative estimate of drug-likeness (QED) is 0.303. The molecule has 51 heavy (non-hydrogen) atoms. The number of sulfonamides is 1. The van der Waals surface area contributed by atoms with Gasteiger partial charge in [-0.25, -0.2) is 13.2 Å². The number of imide groups is 1. The van der Waals surface area contributed by atoms with Crippen molar-refractivity contribution in [1.29, 1.82) is 0 Å². The maximum absolute atomic E-state index is 14.5. The van der Waals surface area contributed by atoms with Gasteiger partial charge in [0.05, 0.1) is 5.25 Å². The number of alkyl carbamates (subject to hydrolysis) is 1. The van der Waals surface area contributed by atoms with Crippen LogP contribution in [0.2, 0.25) is 0 Å². The lowest BCUT2D eigenvalue weighted by Gasteiger charge is -2.31. The molecule has 4 fully saturated rings. The number of benzene rings is 1. The van der Waals surface area contributed by atoms with Gasteiger partial charge in [0.2, 0.25) is 27.7 Å². The Hall–Kier alpha value is -4.27. The van der Waals surface area contributed by atoms with Gasteiger partial charge < -0.3 is 20.3 Å². The first-order valence-corrected chi connectivity index (χ1v) is 19.3. The Morgan fingerprint density at radius 1 is 0.961 bits per heavy atom. The van der Waals surface area contributed by atoms with Crippen molar-refractivity contribution < 1.29 is 41.9 Å². The van der Waals surface area contributed by atoms with E-state index in [2.05, 4.69) is 15.4 Å². The number of allylic oxidation sites excluding steroid dienone is 1. The molecule has 15 heteroatoms. The van der Waals surface area contributed by atoms with Crippen molar-refractivity contribution in [2.24, 2.45) is 11.3 Å². The van der Waals surface area contributed by atoms with Gasteiger partial charge in [-0.15, -0.1) is 0 Å². The molecule has 1 aromatic rings. The van der Waals surface area contributed by atoms with Crippen LogP contribution in [0.1, 0.15) is 95.3 Å². The summed E-state index contributed by atoms with van der Waals surface area (Å²) >= 11 is 0. The third kappa shape index (κ3) is 7.97. The molecule has 0 aromatic heterocycles. The van der Waals surface area contributed by atoms with Crippen LogP contribution in [0.5, 0.6) is 0 Å². The van der Waals surface area contributed by atoms with Crippen molar-refractivity contribution >= 4 is 45.7 Å². The SMILES string of the molecule is CC(C)(C)OC(=O)NC1CCCCC/C=C\C2CC2(C(=O)NS(=O)(=O)C2CC2)NC(=O)C2CC3(CC(=O)N(C(=O)c4ccccc4)C3)CN2C1=O. The third-order valence-electron chi connectivity index (χ3n) is 10.4. The van der Waals surface area contributed by atoms with Crippen molar-refractivity contribution in [2.75, 3.05) is 13.1 Å². The molecule has 5 unspecified atom stereocenters. The number of carbonyl (C=O) groups is 6. The second-order valence-corrected chi connectivity index (χ2v) is 17.7. The number of nitrogens with zero attached hydrogens (tertiary/aromatic N) is 2. The first-order valence-electron chi connectivity index (χ1n) is 17.8. The summed E-state index contributed by atoms with van der Waals surface area (Å²) in [5.74, 6) is -3.44. The molecular formula is C36H47N5O9S. The van der Waals surface area contributed by atoms with Crippen molar-refractivity contribution in [1.82, 2.24) is 25.2 Å². The highest BCUT2D eigenvalue weighted by molar-refractivity contribution is 7.91. The number of ether oxygens (including phenoxy) is 1. The molecule has 6 amide bonds. The van der Waals surface area contributed by atoms with Gasteiger partial charge in [-0.1, -0.05) is 43.2 Å². The number of hydrogen-bond donors (Lipinski definition) is 3. The smallest absolute Gasteiger partial charge is 0.408 e. The molecule has 1 spiro atoms. The molecule has 2 saturated carbocycles. The van der Waals surface area contributed by atoms with Crippen molar-refractivity contribution in [3.63, 3.8) is 0 Å². The lowest BCUT2D eigenvalue weighted by Crippen LogP contribution is -2.58. The largest absolute Gasteiger partial charge is 0.444 e. The van der Waals surface area contributed by atoms with Gasteiger partial charge in [0, 0.05) is 36.4 Å². The minimum atomic E-state index is -3.92. The number of fused-ring (bicyclic) bond motifs is 2. The van der Waals surface area contributed by atoms with Gasteiger partial charge in [0.25, 0.3) is 11.8 Å². The third-order valence-corrected chi connectivity index (χ3v) is 12.2. The highest BCUT2D eigenvalue weighted by Crippen LogP contribution is 2.48. The standard InChI is InChI=1S/C36H47N5O9S/c1-34(2,3)50-33(47)37-26-15-11-6-4-5-10-14-24-18-36(24,32(46)39-51(48,49)25-16-17-25)38-29(43)27-19-35(21-40(27)31(26)45)20-28(42)41(22-35)30(44)23-12-8-7-9-13-23/h7-10,12-14,24-27H,4-6,11,15-22H2,1-3H3,(H,37,47)(H,38,43)(H,39,46)/b14-10-. The topological polar surface area (TPSA) is 188 Å². The average molecular weight is 726 g/mol. The van der Waals surface area contributed by atoms with E-state index in [4.69, 9.17) is 4.74 Å². The van der Waals surface area contributed by atoms with Gasteiger partial charge in [-0.05, 0) is 77.8 Å². The molecule has 5 aliphatic rings. The Balaban J connectivity index is 1.32. The molecule has 6 rings (SSSR count). The van der Waals surface area contributed by atoms with E-state index in [1.165, 1.54) is 4.90 Å². The number of hydrogen-bond acceptors (Lipinski definition) is 9. The zero-order chi connectivity index (χ0) is 36.8. The van der Waals surface area contributed by atoms with E-state index in [1.807, 2.05) is 12.2 Å².